The highest BCUT2D eigenvalue weighted by Crippen LogP contribution is 2.34. The van der Waals surface area contributed by atoms with Gasteiger partial charge in [0.25, 0.3) is 0 Å². The summed E-state index contributed by atoms with van der Waals surface area (Å²) in [5.74, 6) is 0. The second-order valence-electron chi connectivity index (χ2n) is 5.98. The van der Waals surface area contributed by atoms with Crippen molar-refractivity contribution in [2.45, 2.75) is 31.8 Å². The molecule has 0 spiro atoms. The molecule has 3 rings (SSSR count). The molecule has 1 heterocycles. The van der Waals surface area contributed by atoms with Crippen LogP contribution < -0.4 is 0 Å². The molecule has 1 aromatic carbocycles. The molecule has 21 heavy (non-hydrogen) atoms. The monoisotopic (exact) mass is 279 g/mol. The van der Waals surface area contributed by atoms with Crippen LogP contribution in [0.4, 0.5) is 0 Å². The lowest BCUT2D eigenvalue weighted by atomic mass is 9.87. The van der Waals surface area contributed by atoms with E-state index in [0.717, 1.165) is 12.2 Å². The minimum atomic E-state index is 0.487. The molecular weight excluding hydrogens is 258 g/mol. The van der Waals surface area contributed by atoms with Gasteiger partial charge in [-0.25, -0.2) is 0 Å². The highest BCUT2D eigenvalue weighted by atomic mass is 15.1. The van der Waals surface area contributed by atoms with Gasteiger partial charge in [-0.2, -0.15) is 5.26 Å². The van der Waals surface area contributed by atoms with Crippen molar-refractivity contribution in [2.24, 2.45) is 7.05 Å². The molecule has 3 heteroatoms. The average molecular weight is 279 g/mol. The summed E-state index contributed by atoms with van der Waals surface area (Å²) in [5.41, 5.74) is 4.90. The van der Waals surface area contributed by atoms with Gasteiger partial charge in [-0.1, -0.05) is 24.3 Å². The smallest absolute Gasteiger partial charge is 0.120 e. The molecule has 0 amide bonds. The van der Waals surface area contributed by atoms with Gasteiger partial charge in [0.05, 0.1) is 0 Å². The first-order valence-electron chi connectivity index (χ1n) is 7.52. The molecule has 1 atom stereocenters. The summed E-state index contributed by atoms with van der Waals surface area (Å²) < 4.78 is 1.90. The summed E-state index contributed by atoms with van der Waals surface area (Å²) in [6.45, 7) is 0.883. The second-order valence-corrected chi connectivity index (χ2v) is 5.98. The van der Waals surface area contributed by atoms with Crippen molar-refractivity contribution in [3.8, 4) is 6.07 Å². The quantitative estimate of drug-likeness (QED) is 0.862. The molecule has 0 aliphatic heterocycles. The highest BCUT2D eigenvalue weighted by molar-refractivity contribution is 5.33. The number of nitriles is 1. The molecule has 0 fully saturated rings. The summed E-state index contributed by atoms with van der Waals surface area (Å²) >= 11 is 0. The summed E-state index contributed by atoms with van der Waals surface area (Å²) in [5, 5.41) is 9.06. The third-order valence-electron chi connectivity index (χ3n) is 4.48. The Balaban J connectivity index is 1.80. The number of aromatic nitrogens is 1. The van der Waals surface area contributed by atoms with E-state index in [1.165, 1.54) is 36.0 Å². The second kappa shape index (κ2) is 5.75. The molecule has 3 nitrogen and oxygen atoms in total. The number of nitrogens with zero attached hydrogens (tertiary/aromatic N) is 3. The maximum atomic E-state index is 9.06. The molecule has 1 aliphatic carbocycles. The van der Waals surface area contributed by atoms with Crippen LogP contribution in [0, 0.1) is 11.3 Å². The van der Waals surface area contributed by atoms with Gasteiger partial charge in [0.2, 0.25) is 0 Å². The van der Waals surface area contributed by atoms with E-state index in [1.54, 1.807) is 0 Å². The first-order chi connectivity index (χ1) is 10.2. The maximum absolute atomic E-state index is 9.06. The number of aryl methyl sites for hydroxylation is 2. The Morgan fingerprint density at radius 3 is 2.95 bits per heavy atom. The van der Waals surface area contributed by atoms with E-state index < -0.39 is 0 Å². The number of hydrogen-bond donors (Lipinski definition) is 0. The fourth-order valence-electron chi connectivity index (χ4n) is 3.41. The zero-order chi connectivity index (χ0) is 14.8. The van der Waals surface area contributed by atoms with Gasteiger partial charge < -0.3 is 4.57 Å². The number of rotatable bonds is 3. The number of fused-ring (bicyclic) bond motifs is 1. The van der Waals surface area contributed by atoms with Crippen molar-refractivity contribution in [3.05, 3.63) is 58.9 Å². The van der Waals surface area contributed by atoms with E-state index in [-0.39, 0.29) is 0 Å². The Morgan fingerprint density at radius 1 is 1.38 bits per heavy atom. The molecule has 0 saturated carbocycles. The lowest BCUT2D eigenvalue weighted by Crippen LogP contribution is -2.27. The predicted molar refractivity (Wildman–Crippen MR) is 83.7 cm³/mol. The average Bonchev–Trinajstić information content (AvgIpc) is 2.86. The van der Waals surface area contributed by atoms with Crippen LogP contribution in [0.5, 0.6) is 0 Å². The van der Waals surface area contributed by atoms with Crippen LogP contribution in [0.15, 0.2) is 36.5 Å². The summed E-state index contributed by atoms with van der Waals surface area (Å²) in [7, 11) is 4.11. The first kappa shape index (κ1) is 13.9. The molecule has 1 unspecified atom stereocenters. The Morgan fingerprint density at radius 2 is 2.19 bits per heavy atom. The van der Waals surface area contributed by atoms with Crippen LogP contribution in [-0.4, -0.2) is 16.5 Å². The highest BCUT2D eigenvalue weighted by Gasteiger charge is 2.23. The standard InChI is InChI=1S/C18H21N3/c1-20-12-14(10-16(20)11-19)13-21(2)18-9-5-7-15-6-3-4-8-17(15)18/h3-4,6,8,10,12,18H,5,7,9,13H2,1-2H3. The van der Waals surface area contributed by atoms with Crippen molar-refractivity contribution in [1.29, 1.82) is 5.26 Å². The lowest BCUT2D eigenvalue weighted by Gasteiger charge is -2.33. The maximum Gasteiger partial charge on any atom is 0.120 e. The van der Waals surface area contributed by atoms with E-state index >= 15 is 0 Å². The van der Waals surface area contributed by atoms with Crippen molar-refractivity contribution in [1.82, 2.24) is 9.47 Å². The fourth-order valence-corrected chi connectivity index (χ4v) is 3.41. The van der Waals surface area contributed by atoms with Crippen LogP contribution in [0.1, 0.15) is 41.3 Å². The van der Waals surface area contributed by atoms with Gasteiger partial charge in [-0.15, -0.1) is 0 Å². The van der Waals surface area contributed by atoms with Crippen LogP contribution in [0.2, 0.25) is 0 Å². The fraction of sp³-hybridized carbons (Fsp3) is 0.389. The number of benzene rings is 1. The van der Waals surface area contributed by atoms with Gasteiger partial charge in [0.1, 0.15) is 11.8 Å². The van der Waals surface area contributed by atoms with E-state index in [2.05, 4.69) is 48.5 Å². The zero-order valence-electron chi connectivity index (χ0n) is 12.7. The van der Waals surface area contributed by atoms with E-state index in [0.29, 0.717) is 6.04 Å². The van der Waals surface area contributed by atoms with Gasteiger partial charge in [0.15, 0.2) is 0 Å². The minimum Gasteiger partial charge on any atom is -0.342 e. The zero-order valence-corrected chi connectivity index (χ0v) is 12.7. The normalized spacial score (nSPS) is 17.5. The molecule has 108 valence electrons. The van der Waals surface area contributed by atoms with Crippen molar-refractivity contribution in [2.75, 3.05) is 7.05 Å². The van der Waals surface area contributed by atoms with E-state index in [9.17, 15) is 0 Å². The third-order valence-corrected chi connectivity index (χ3v) is 4.48. The van der Waals surface area contributed by atoms with E-state index in [4.69, 9.17) is 5.26 Å². The Kier molecular flexibility index (Phi) is 3.81. The van der Waals surface area contributed by atoms with Gasteiger partial charge in [0, 0.05) is 25.8 Å². The first-order valence-corrected chi connectivity index (χ1v) is 7.52. The minimum absolute atomic E-state index is 0.487. The van der Waals surface area contributed by atoms with Crippen molar-refractivity contribution in [3.63, 3.8) is 0 Å². The van der Waals surface area contributed by atoms with Gasteiger partial charge in [-0.3, -0.25) is 4.90 Å². The van der Waals surface area contributed by atoms with Gasteiger partial charge >= 0.3 is 0 Å². The summed E-state index contributed by atoms with van der Waals surface area (Å²) in [6, 6.07) is 13.5. The molecule has 0 saturated heterocycles. The Hall–Kier alpha value is -2.05. The Labute approximate surface area is 126 Å². The summed E-state index contributed by atoms with van der Waals surface area (Å²) in [4.78, 5) is 2.41. The topological polar surface area (TPSA) is 32.0 Å². The molecule has 1 aliphatic rings. The number of hydrogen-bond acceptors (Lipinski definition) is 2. The van der Waals surface area contributed by atoms with Crippen LogP contribution in [-0.2, 0) is 20.0 Å². The SMILES string of the molecule is CN(Cc1cc(C#N)n(C)c1)C1CCCc2ccccc21. The van der Waals surface area contributed by atoms with Gasteiger partial charge in [-0.05, 0) is 49.1 Å². The summed E-state index contributed by atoms with van der Waals surface area (Å²) in [6.07, 6.45) is 5.73. The molecule has 1 aromatic heterocycles. The van der Waals surface area contributed by atoms with Crippen molar-refractivity contribution >= 4 is 0 Å². The van der Waals surface area contributed by atoms with Crippen LogP contribution in [0.3, 0.4) is 0 Å². The molecule has 0 bridgehead atoms. The van der Waals surface area contributed by atoms with Crippen LogP contribution >= 0.6 is 0 Å². The third kappa shape index (κ3) is 2.72. The lowest BCUT2D eigenvalue weighted by molar-refractivity contribution is 0.213. The predicted octanol–water partition coefficient (Wildman–Crippen LogP) is 3.41. The Bertz CT molecular complexity index is 678. The van der Waals surface area contributed by atoms with E-state index in [1.807, 2.05) is 17.7 Å². The molecular formula is C18H21N3. The molecule has 2 aromatic rings. The molecule has 0 radical (unpaired) electrons. The molecule has 0 N–H and O–H groups in total. The van der Waals surface area contributed by atoms with Crippen LogP contribution in [0.25, 0.3) is 0 Å². The van der Waals surface area contributed by atoms with Crippen molar-refractivity contribution < 1.29 is 0 Å². The largest absolute Gasteiger partial charge is 0.342 e.